The van der Waals surface area contributed by atoms with E-state index in [-0.39, 0.29) is 0 Å². The highest BCUT2D eigenvalue weighted by Crippen LogP contribution is 2.41. The van der Waals surface area contributed by atoms with Crippen molar-refractivity contribution in [3.8, 4) is 11.5 Å². The molecule has 4 rings (SSSR count). The Labute approximate surface area is 157 Å². The van der Waals surface area contributed by atoms with Crippen LogP contribution >= 0.6 is 0 Å². The lowest BCUT2D eigenvalue weighted by Gasteiger charge is -2.21. The highest BCUT2D eigenvalue weighted by atomic mass is 32.2. The molecule has 2 aromatic carbocycles. The van der Waals surface area contributed by atoms with Gasteiger partial charge in [0, 0.05) is 29.9 Å². The molecular formula is C19H19N3O4S. The van der Waals surface area contributed by atoms with Gasteiger partial charge in [0.05, 0.1) is 36.5 Å². The van der Waals surface area contributed by atoms with Crippen molar-refractivity contribution in [2.45, 2.75) is 11.3 Å². The molecule has 8 heteroatoms. The summed E-state index contributed by atoms with van der Waals surface area (Å²) in [6, 6.07) is 8.94. The second-order valence-electron chi connectivity index (χ2n) is 6.42. The quantitative estimate of drug-likeness (QED) is 0.683. The number of hydrogen-bond donors (Lipinski definition) is 0. The molecule has 0 N–H and O–H groups in total. The molecule has 0 aliphatic carbocycles. The zero-order valence-electron chi connectivity index (χ0n) is 15.3. The summed E-state index contributed by atoms with van der Waals surface area (Å²) in [4.78, 5) is 2.47. The van der Waals surface area contributed by atoms with Crippen LogP contribution in [0.1, 0.15) is 5.56 Å². The topological polar surface area (TPSA) is 81.6 Å². The fourth-order valence-electron chi connectivity index (χ4n) is 3.45. The SMILES string of the molecule is COc1cc2nncc(N3CCc4cc(S(C)(=O)=O)ccc43)c2cc1OC. The van der Waals surface area contributed by atoms with Gasteiger partial charge >= 0.3 is 0 Å². The van der Waals surface area contributed by atoms with Crippen LogP contribution < -0.4 is 14.4 Å². The van der Waals surface area contributed by atoms with Gasteiger partial charge in [-0.05, 0) is 36.2 Å². The maximum Gasteiger partial charge on any atom is 0.175 e. The van der Waals surface area contributed by atoms with Gasteiger partial charge in [-0.2, -0.15) is 10.2 Å². The van der Waals surface area contributed by atoms with Crippen LogP contribution in [0.15, 0.2) is 41.4 Å². The predicted octanol–water partition coefficient (Wildman–Crippen LogP) is 2.74. The Balaban J connectivity index is 1.85. The van der Waals surface area contributed by atoms with Gasteiger partial charge in [0.1, 0.15) is 0 Å². The summed E-state index contributed by atoms with van der Waals surface area (Å²) in [6.45, 7) is 0.734. The molecule has 140 valence electrons. The molecule has 7 nitrogen and oxygen atoms in total. The molecule has 1 aliphatic heterocycles. The van der Waals surface area contributed by atoms with Gasteiger partial charge in [-0.1, -0.05) is 0 Å². The first-order valence-corrected chi connectivity index (χ1v) is 10.3. The van der Waals surface area contributed by atoms with Gasteiger partial charge in [-0.25, -0.2) is 8.42 Å². The Kier molecular flexibility index (Phi) is 4.15. The van der Waals surface area contributed by atoms with Crippen molar-refractivity contribution in [2.24, 2.45) is 0 Å². The second-order valence-corrected chi connectivity index (χ2v) is 8.43. The molecule has 2 heterocycles. The lowest BCUT2D eigenvalue weighted by Crippen LogP contribution is -2.14. The molecule has 0 saturated carbocycles. The number of rotatable bonds is 4. The van der Waals surface area contributed by atoms with E-state index in [1.54, 1.807) is 38.6 Å². The highest BCUT2D eigenvalue weighted by molar-refractivity contribution is 7.90. The van der Waals surface area contributed by atoms with E-state index in [0.29, 0.717) is 21.9 Å². The molecule has 0 saturated heterocycles. The van der Waals surface area contributed by atoms with Gasteiger partial charge in [-0.15, -0.1) is 0 Å². The van der Waals surface area contributed by atoms with E-state index in [0.717, 1.165) is 35.3 Å². The third-order valence-electron chi connectivity index (χ3n) is 4.79. The molecule has 1 aromatic heterocycles. The van der Waals surface area contributed by atoms with Crippen molar-refractivity contribution >= 4 is 32.1 Å². The van der Waals surface area contributed by atoms with Gasteiger partial charge in [-0.3, -0.25) is 0 Å². The maximum absolute atomic E-state index is 11.8. The molecule has 0 atom stereocenters. The number of methoxy groups -OCH3 is 2. The van der Waals surface area contributed by atoms with Crippen molar-refractivity contribution in [2.75, 3.05) is 31.9 Å². The molecule has 0 spiro atoms. The summed E-state index contributed by atoms with van der Waals surface area (Å²) in [5, 5.41) is 9.23. The Morgan fingerprint density at radius 3 is 2.48 bits per heavy atom. The van der Waals surface area contributed by atoms with Gasteiger partial charge in [0.15, 0.2) is 21.3 Å². The summed E-state index contributed by atoms with van der Waals surface area (Å²) in [5.74, 6) is 1.21. The smallest absolute Gasteiger partial charge is 0.175 e. The number of aromatic nitrogens is 2. The minimum absolute atomic E-state index is 0.340. The van der Waals surface area contributed by atoms with Crippen LogP contribution in [0, 0.1) is 0 Å². The van der Waals surface area contributed by atoms with Crippen LogP contribution in [-0.2, 0) is 16.3 Å². The van der Waals surface area contributed by atoms with Gasteiger partial charge in [0.2, 0.25) is 0 Å². The van der Waals surface area contributed by atoms with E-state index in [1.807, 2.05) is 12.1 Å². The molecule has 0 amide bonds. The normalized spacial score (nSPS) is 13.7. The lowest BCUT2D eigenvalue weighted by atomic mass is 10.1. The van der Waals surface area contributed by atoms with Crippen LogP contribution in [0.3, 0.4) is 0 Å². The summed E-state index contributed by atoms with van der Waals surface area (Å²) in [7, 11) is -0.0557. The fraction of sp³-hybridized carbons (Fsp3) is 0.263. The number of hydrogen-bond acceptors (Lipinski definition) is 7. The standard InChI is InChI=1S/C19H19N3O4S/c1-25-18-9-14-15(10-19(18)26-2)21-20-11-17(14)22-7-6-12-8-13(27(3,23)24)4-5-16(12)22/h4-5,8-11H,6-7H2,1-3H3. The average molecular weight is 385 g/mol. The molecule has 27 heavy (non-hydrogen) atoms. The zero-order valence-corrected chi connectivity index (χ0v) is 16.1. The van der Waals surface area contributed by atoms with Crippen LogP contribution in [0.25, 0.3) is 10.9 Å². The maximum atomic E-state index is 11.8. The van der Waals surface area contributed by atoms with E-state index >= 15 is 0 Å². The van der Waals surface area contributed by atoms with E-state index in [1.165, 1.54) is 6.26 Å². The molecule has 0 radical (unpaired) electrons. The van der Waals surface area contributed by atoms with Crippen LogP contribution in [0.2, 0.25) is 0 Å². The first-order valence-electron chi connectivity index (χ1n) is 8.40. The van der Waals surface area contributed by atoms with Gasteiger partial charge in [0.25, 0.3) is 0 Å². The van der Waals surface area contributed by atoms with Crippen LogP contribution in [-0.4, -0.2) is 45.6 Å². The summed E-state index contributed by atoms with van der Waals surface area (Å²) in [6.07, 6.45) is 3.70. The monoisotopic (exact) mass is 385 g/mol. The first-order chi connectivity index (χ1) is 12.9. The Hall–Kier alpha value is -2.87. The predicted molar refractivity (Wildman–Crippen MR) is 103 cm³/mol. The van der Waals surface area contributed by atoms with Gasteiger partial charge < -0.3 is 14.4 Å². The van der Waals surface area contributed by atoms with Crippen molar-refractivity contribution in [3.63, 3.8) is 0 Å². The fourth-order valence-corrected chi connectivity index (χ4v) is 4.12. The number of ether oxygens (including phenoxy) is 2. The van der Waals surface area contributed by atoms with Crippen molar-refractivity contribution in [1.29, 1.82) is 0 Å². The summed E-state index contributed by atoms with van der Waals surface area (Å²) in [5.41, 5.74) is 3.58. The zero-order chi connectivity index (χ0) is 19.2. The third kappa shape index (κ3) is 2.95. The van der Waals surface area contributed by atoms with Crippen molar-refractivity contribution in [1.82, 2.24) is 10.2 Å². The van der Waals surface area contributed by atoms with E-state index in [4.69, 9.17) is 9.47 Å². The van der Waals surface area contributed by atoms with E-state index in [9.17, 15) is 8.42 Å². The molecule has 3 aromatic rings. The van der Waals surface area contributed by atoms with Crippen LogP contribution in [0.4, 0.5) is 11.4 Å². The number of benzene rings is 2. The Bertz CT molecular complexity index is 1150. The molecule has 1 aliphatic rings. The average Bonchev–Trinajstić information content (AvgIpc) is 3.08. The Morgan fingerprint density at radius 1 is 1.04 bits per heavy atom. The minimum atomic E-state index is -3.23. The van der Waals surface area contributed by atoms with E-state index in [2.05, 4.69) is 15.1 Å². The molecule has 0 fully saturated rings. The summed E-state index contributed by atoms with van der Waals surface area (Å²) >= 11 is 0. The third-order valence-corrected chi connectivity index (χ3v) is 5.90. The number of sulfone groups is 1. The Morgan fingerprint density at radius 2 is 1.78 bits per heavy atom. The first kappa shape index (κ1) is 17.5. The van der Waals surface area contributed by atoms with Crippen molar-refractivity contribution < 1.29 is 17.9 Å². The largest absolute Gasteiger partial charge is 0.493 e. The number of anilines is 2. The highest BCUT2D eigenvalue weighted by Gasteiger charge is 2.24. The molecular weight excluding hydrogens is 366 g/mol. The molecule has 0 unspecified atom stereocenters. The van der Waals surface area contributed by atoms with Crippen LogP contribution in [0.5, 0.6) is 11.5 Å². The molecule has 0 bridgehead atoms. The second kappa shape index (κ2) is 6.38. The lowest BCUT2D eigenvalue weighted by molar-refractivity contribution is 0.355. The number of fused-ring (bicyclic) bond motifs is 2. The minimum Gasteiger partial charge on any atom is -0.493 e. The number of nitrogens with zero attached hydrogens (tertiary/aromatic N) is 3. The van der Waals surface area contributed by atoms with E-state index < -0.39 is 9.84 Å². The van der Waals surface area contributed by atoms with Crippen molar-refractivity contribution in [3.05, 3.63) is 42.1 Å². The summed E-state index contributed by atoms with van der Waals surface area (Å²) < 4.78 is 34.4.